The van der Waals surface area contributed by atoms with Gasteiger partial charge in [0.1, 0.15) is 0 Å². The lowest BCUT2D eigenvalue weighted by molar-refractivity contribution is -0.136. The molecule has 1 unspecified atom stereocenters. The number of aliphatic carboxylic acids is 1. The summed E-state index contributed by atoms with van der Waals surface area (Å²) >= 11 is 1.18. The average molecular weight is 244 g/mol. The van der Waals surface area contributed by atoms with Crippen LogP contribution in [0.25, 0.3) is 0 Å². The second kappa shape index (κ2) is 5.75. The van der Waals surface area contributed by atoms with Crippen molar-refractivity contribution < 1.29 is 19.0 Å². The minimum absolute atomic E-state index is 0.182. The molecule has 1 rings (SSSR count). The Morgan fingerprint density at radius 1 is 1.62 bits per heavy atom. The molecule has 0 saturated heterocycles. The van der Waals surface area contributed by atoms with Gasteiger partial charge in [0.15, 0.2) is 11.6 Å². The van der Waals surface area contributed by atoms with Gasteiger partial charge in [0.25, 0.3) is 0 Å². The lowest BCUT2D eigenvalue weighted by Crippen LogP contribution is -2.11. The van der Waals surface area contributed by atoms with Gasteiger partial charge >= 0.3 is 5.97 Å². The van der Waals surface area contributed by atoms with Crippen molar-refractivity contribution in [1.82, 2.24) is 0 Å². The van der Waals surface area contributed by atoms with Gasteiger partial charge in [-0.3, -0.25) is 4.79 Å². The molecule has 88 valence electrons. The first-order valence-electron chi connectivity index (χ1n) is 4.72. The summed E-state index contributed by atoms with van der Waals surface area (Å²) in [6, 6.07) is 4.84. The van der Waals surface area contributed by atoms with Gasteiger partial charge in [-0.05, 0) is 13.0 Å². The van der Waals surface area contributed by atoms with Crippen molar-refractivity contribution in [3.05, 3.63) is 29.6 Å². The molecule has 3 nitrogen and oxygen atoms in total. The van der Waals surface area contributed by atoms with Gasteiger partial charge < -0.3 is 9.84 Å². The van der Waals surface area contributed by atoms with Gasteiger partial charge in [0, 0.05) is 11.3 Å². The van der Waals surface area contributed by atoms with E-state index in [0.717, 1.165) is 0 Å². The van der Waals surface area contributed by atoms with Gasteiger partial charge in [-0.1, -0.05) is 12.1 Å². The topological polar surface area (TPSA) is 46.5 Å². The molecule has 0 amide bonds. The fraction of sp³-hybridized carbons (Fsp3) is 0.364. The average Bonchev–Trinajstić information content (AvgIpc) is 2.27. The minimum atomic E-state index is -0.895. The van der Waals surface area contributed by atoms with Gasteiger partial charge in [0.05, 0.1) is 12.4 Å². The highest BCUT2D eigenvalue weighted by Gasteiger charge is 2.14. The van der Waals surface area contributed by atoms with E-state index >= 15 is 0 Å². The second-order valence-electron chi connectivity index (χ2n) is 3.22. The molecule has 1 N–H and O–H groups in total. The van der Waals surface area contributed by atoms with Gasteiger partial charge in [-0.25, -0.2) is 4.39 Å². The third-order valence-corrected chi connectivity index (χ3v) is 3.28. The standard InChI is InChI=1S/C11H13FO3S/c1-7(11(13)14)16-6-8-4-3-5-9(15-2)10(8)12/h3-5,7H,6H2,1-2H3,(H,13,14). The molecule has 0 fully saturated rings. The minimum Gasteiger partial charge on any atom is -0.494 e. The van der Waals surface area contributed by atoms with Crippen LogP contribution in [0.4, 0.5) is 4.39 Å². The summed E-state index contributed by atoms with van der Waals surface area (Å²) in [6.45, 7) is 1.57. The Hall–Kier alpha value is -1.23. The number of methoxy groups -OCH3 is 1. The van der Waals surface area contributed by atoms with Crippen LogP contribution in [-0.4, -0.2) is 23.4 Å². The number of benzene rings is 1. The third kappa shape index (κ3) is 3.13. The van der Waals surface area contributed by atoms with Crippen molar-refractivity contribution in [1.29, 1.82) is 0 Å². The third-order valence-electron chi connectivity index (χ3n) is 2.10. The second-order valence-corrected chi connectivity index (χ2v) is 4.55. The summed E-state index contributed by atoms with van der Waals surface area (Å²) < 4.78 is 18.5. The molecule has 16 heavy (non-hydrogen) atoms. The summed E-state index contributed by atoms with van der Waals surface area (Å²) in [5, 5.41) is 8.14. The van der Waals surface area contributed by atoms with Gasteiger partial charge in [0.2, 0.25) is 0 Å². The highest BCUT2D eigenvalue weighted by molar-refractivity contribution is 7.99. The zero-order chi connectivity index (χ0) is 12.1. The summed E-state index contributed by atoms with van der Waals surface area (Å²) in [5.41, 5.74) is 0.456. The van der Waals surface area contributed by atoms with Crippen LogP contribution in [0.3, 0.4) is 0 Å². The number of hydrogen-bond acceptors (Lipinski definition) is 3. The zero-order valence-electron chi connectivity index (χ0n) is 9.07. The molecule has 0 heterocycles. The SMILES string of the molecule is COc1cccc(CSC(C)C(=O)O)c1F. The predicted octanol–water partition coefficient (Wildman–Crippen LogP) is 2.54. The van der Waals surface area contributed by atoms with E-state index < -0.39 is 17.0 Å². The molecule has 0 aliphatic carbocycles. The maximum absolute atomic E-state index is 13.6. The molecule has 0 aliphatic rings. The van der Waals surface area contributed by atoms with E-state index in [1.807, 2.05) is 0 Å². The highest BCUT2D eigenvalue weighted by Crippen LogP contribution is 2.25. The van der Waals surface area contributed by atoms with Crippen LogP contribution in [0.1, 0.15) is 12.5 Å². The Morgan fingerprint density at radius 3 is 2.88 bits per heavy atom. The molecule has 1 aromatic carbocycles. The molecule has 0 saturated carbocycles. The zero-order valence-corrected chi connectivity index (χ0v) is 9.88. The first-order chi connectivity index (χ1) is 7.56. The van der Waals surface area contributed by atoms with Crippen molar-refractivity contribution in [3.8, 4) is 5.75 Å². The maximum Gasteiger partial charge on any atom is 0.316 e. The number of hydrogen-bond donors (Lipinski definition) is 1. The van der Waals surface area contributed by atoms with E-state index in [2.05, 4.69) is 0 Å². The van der Waals surface area contributed by atoms with E-state index in [-0.39, 0.29) is 5.75 Å². The summed E-state index contributed by atoms with van der Waals surface area (Å²) in [6.07, 6.45) is 0. The molecular weight excluding hydrogens is 231 g/mol. The largest absolute Gasteiger partial charge is 0.494 e. The quantitative estimate of drug-likeness (QED) is 0.864. The van der Waals surface area contributed by atoms with Crippen molar-refractivity contribution >= 4 is 17.7 Å². The normalized spacial score (nSPS) is 12.2. The smallest absolute Gasteiger partial charge is 0.316 e. The Balaban J connectivity index is 2.71. The van der Waals surface area contributed by atoms with Crippen LogP contribution in [0, 0.1) is 5.82 Å². The van der Waals surface area contributed by atoms with Gasteiger partial charge in [-0.15, -0.1) is 11.8 Å². The van der Waals surface area contributed by atoms with Crippen LogP contribution >= 0.6 is 11.8 Å². The number of thioether (sulfide) groups is 1. The maximum atomic E-state index is 13.6. The van der Waals surface area contributed by atoms with Crippen LogP contribution in [0.15, 0.2) is 18.2 Å². The van der Waals surface area contributed by atoms with Crippen LogP contribution < -0.4 is 4.74 Å². The molecular formula is C11H13FO3S. The lowest BCUT2D eigenvalue weighted by Gasteiger charge is -2.09. The van der Waals surface area contributed by atoms with E-state index in [4.69, 9.17) is 9.84 Å². The molecule has 0 aromatic heterocycles. The Bertz CT molecular complexity index is 381. The van der Waals surface area contributed by atoms with E-state index in [1.54, 1.807) is 19.1 Å². The molecule has 5 heteroatoms. The van der Waals surface area contributed by atoms with Crippen LogP contribution in [-0.2, 0) is 10.5 Å². The molecule has 0 spiro atoms. The lowest BCUT2D eigenvalue weighted by atomic mass is 10.2. The van der Waals surface area contributed by atoms with Crippen molar-refractivity contribution in [3.63, 3.8) is 0 Å². The number of carbonyl (C=O) groups is 1. The molecule has 1 atom stereocenters. The molecule has 0 bridgehead atoms. The van der Waals surface area contributed by atoms with Gasteiger partial charge in [-0.2, -0.15) is 0 Å². The summed E-state index contributed by atoms with van der Waals surface area (Å²) in [5.74, 6) is -0.819. The van der Waals surface area contributed by atoms with Crippen LogP contribution in [0.5, 0.6) is 5.75 Å². The van der Waals surface area contributed by atoms with Crippen molar-refractivity contribution in [2.75, 3.05) is 7.11 Å². The van der Waals surface area contributed by atoms with Crippen LogP contribution in [0.2, 0.25) is 0 Å². The highest BCUT2D eigenvalue weighted by atomic mass is 32.2. The van der Waals surface area contributed by atoms with Crippen molar-refractivity contribution in [2.45, 2.75) is 17.9 Å². The fourth-order valence-corrected chi connectivity index (χ4v) is 1.91. The molecule has 0 aliphatic heterocycles. The number of carboxylic acids is 1. The van der Waals surface area contributed by atoms with E-state index in [0.29, 0.717) is 11.3 Å². The predicted molar refractivity (Wildman–Crippen MR) is 61.3 cm³/mol. The Labute approximate surface area is 97.6 Å². The van der Waals surface area contributed by atoms with Crippen molar-refractivity contribution in [2.24, 2.45) is 0 Å². The Kier molecular flexibility index (Phi) is 4.61. The monoisotopic (exact) mass is 244 g/mol. The number of rotatable bonds is 5. The molecule has 0 radical (unpaired) electrons. The summed E-state index contributed by atoms with van der Waals surface area (Å²) in [7, 11) is 1.40. The van der Waals surface area contributed by atoms with E-state index in [9.17, 15) is 9.18 Å². The number of ether oxygens (including phenoxy) is 1. The van der Waals surface area contributed by atoms with E-state index in [1.165, 1.54) is 24.9 Å². The Morgan fingerprint density at radius 2 is 2.31 bits per heavy atom. The first kappa shape index (κ1) is 12.8. The number of carboxylic acid groups (broad SMARTS) is 1. The molecule has 1 aromatic rings. The summed E-state index contributed by atoms with van der Waals surface area (Å²) in [4.78, 5) is 10.6. The first-order valence-corrected chi connectivity index (χ1v) is 5.77. The number of halogens is 1. The fourth-order valence-electron chi connectivity index (χ4n) is 1.11.